The summed E-state index contributed by atoms with van der Waals surface area (Å²) in [4.78, 5) is 25.2. The Hall–Kier alpha value is -2.28. The number of carbonyl (C=O) groups excluding carboxylic acids is 2. The number of likely N-dealkylation sites (tertiary alicyclic amines) is 1. The predicted octanol–water partition coefficient (Wildman–Crippen LogP) is 1.05. The molecule has 0 unspecified atom stereocenters. The molecule has 23 heavy (non-hydrogen) atoms. The minimum atomic E-state index is -0.481. The summed E-state index contributed by atoms with van der Waals surface area (Å²) in [5.41, 5.74) is 1.11. The number of ether oxygens (including phenoxy) is 2. The first kappa shape index (κ1) is 15.6. The maximum atomic E-state index is 11.9. The molecule has 7 heteroatoms. The van der Waals surface area contributed by atoms with E-state index in [-0.39, 0.29) is 18.5 Å². The molecule has 0 radical (unpaired) electrons. The first-order chi connectivity index (χ1) is 11.2. The van der Waals surface area contributed by atoms with Gasteiger partial charge in [0.15, 0.2) is 11.5 Å². The third-order valence-corrected chi connectivity index (χ3v) is 4.14. The molecule has 1 aromatic carbocycles. The van der Waals surface area contributed by atoms with E-state index in [1.807, 2.05) is 18.2 Å². The number of hydrogen-bond donors (Lipinski definition) is 2. The minimum Gasteiger partial charge on any atom is -0.486 e. The van der Waals surface area contributed by atoms with Crippen molar-refractivity contribution in [1.29, 1.82) is 0 Å². The number of fused-ring (bicyclic) bond motifs is 1. The van der Waals surface area contributed by atoms with Gasteiger partial charge in [-0.15, -0.1) is 0 Å². The zero-order valence-corrected chi connectivity index (χ0v) is 13.1. The molecule has 2 heterocycles. The van der Waals surface area contributed by atoms with E-state index in [1.165, 1.54) is 7.05 Å². The van der Waals surface area contributed by atoms with Crippen LogP contribution in [0, 0.1) is 0 Å². The molecule has 1 aromatic rings. The van der Waals surface area contributed by atoms with Crippen LogP contribution in [-0.4, -0.2) is 50.2 Å². The fourth-order valence-corrected chi connectivity index (χ4v) is 3.07. The highest BCUT2D eigenvalue weighted by Crippen LogP contribution is 2.37. The van der Waals surface area contributed by atoms with Gasteiger partial charge >= 0.3 is 6.03 Å². The quantitative estimate of drug-likeness (QED) is 0.870. The fraction of sp³-hybridized carbons (Fsp3) is 0.500. The maximum absolute atomic E-state index is 11.9. The average molecular weight is 319 g/mol. The number of rotatable bonds is 3. The molecular formula is C16H21N3O4. The first-order valence-corrected chi connectivity index (χ1v) is 7.82. The highest BCUT2D eigenvalue weighted by atomic mass is 16.6. The van der Waals surface area contributed by atoms with Crippen molar-refractivity contribution >= 4 is 11.9 Å². The van der Waals surface area contributed by atoms with Crippen molar-refractivity contribution in [3.05, 3.63) is 23.8 Å². The van der Waals surface area contributed by atoms with E-state index in [0.29, 0.717) is 13.2 Å². The molecule has 3 amide bonds. The van der Waals surface area contributed by atoms with Crippen molar-refractivity contribution in [2.24, 2.45) is 0 Å². The molecule has 124 valence electrons. The molecule has 3 rings (SSSR count). The average Bonchev–Trinajstić information content (AvgIpc) is 3.02. The predicted molar refractivity (Wildman–Crippen MR) is 83.6 cm³/mol. The number of urea groups is 1. The summed E-state index contributed by atoms with van der Waals surface area (Å²) in [6.45, 7) is 2.16. The third kappa shape index (κ3) is 3.56. The van der Waals surface area contributed by atoms with Gasteiger partial charge in [0.25, 0.3) is 0 Å². The molecule has 2 aliphatic rings. The summed E-state index contributed by atoms with van der Waals surface area (Å²) in [5.74, 6) is 1.23. The lowest BCUT2D eigenvalue weighted by atomic mass is 10.0. The monoisotopic (exact) mass is 319 g/mol. The number of benzene rings is 1. The summed E-state index contributed by atoms with van der Waals surface area (Å²) in [5, 5.41) is 4.68. The molecule has 1 saturated heterocycles. The highest BCUT2D eigenvalue weighted by Gasteiger charge is 2.29. The smallest absolute Gasteiger partial charge is 0.321 e. The minimum absolute atomic E-state index is 0.154. The summed E-state index contributed by atoms with van der Waals surface area (Å²) in [6, 6.07) is 5.61. The number of hydrogen-bond acceptors (Lipinski definition) is 5. The second-order valence-electron chi connectivity index (χ2n) is 5.66. The van der Waals surface area contributed by atoms with Crippen LogP contribution in [0.1, 0.15) is 24.4 Å². The molecule has 7 nitrogen and oxygen atoms in total. The van der Waals surface area contributed by atoms with Crippen LogP contribution < -0.4 is 20.1 Å². The summed E-state index contributed by atoms with van der Waals surface area (Å²) < 4.78 is 11.2. The van der Waals surface area contributed by atoms with E-state index in [1.54, 1.807) is 0 Å². The molecular weight excluding hydrogens is 298 g/mol. The summed E-state index contributed by atoms with van der Waals surface area (Å²) in [6.07, 6.45) is 2.00. The van der Waals surface area contributed by atoms with Gasteiger partial charge in [-0.2, -0.15) is 0 Å². The zero-order valence-electron chi connectivity index (χ0n) is 13.1. The Labute approximate surface area is 134 Å². The topological polar surface area (TPSA) is 79.9 Å². The van der Waals surface area contributed by atoms with E-state index >= 15 is 0 Å². The van der Waals surface area contributed by atoms with E-state index in [4.69, 9.17) is 9.47 Å². The van der Waals surface area contributed by atoms with Crippen molar-refractivity contribution in [2.75, 3.05) is 33.4 Å². The lowest BCUT2D eigenvalue weighted by Gasteiger charge is -2.26. The van der Waals surface area contributed by atoms with Crippen molar-refractivity contribution in [1.82, 2.24) is 15.5 Å². The van der Waals surface area contributed by atoms with Gasteiger partial charge in [-0.25, -0.2) is 4.79 Å². The van der Waals surface area contributed by atoms with E-state index < -0.39 is 6.03 Å². The Bertz CT molecular complexity index is 605. The van der Waals surface area contributed by atoms with Crippen LogP contribution in [-0.2, 0) is 4.79 Å². The Morgan fingerprint density at radius 2 is 2.04 bits per heavy atom. The molecule has 1 fully saturated rings. The fourth-order valence-electron chi connectivity index (χ4n) is 3.07. The third-order valence-electron chi connectivity index (χ3n) is 4.14. The number of nitrogens with one attached hydrogen (secondary N) is 2. The van der Waals surface area contributed by atoms with Crippen LogP contribution in [0.3, 0.4) is 0 Å². The van der Waals surface area contributed by atoms with E-state index in [0.717, 1.165) is 36.4 Å². The van der Waals surface area contributed by atoms with Crippen molar-refractivity contribution in [3.8, 4) is 11.5 Å². The van der Waals surface area contributed by atoms with Gasteiger partial charge in [0.2, 0.25) is 5.91 Å². The number of carbonyl (C=O) groups is 2. The Morgan fingerprint density at radius 1 is 1.26 bits per heavy atom. The van der Waals surface area contributed by atoms with Crippen LogP contribution >= 0.6 is 0 Å². The molecule has 0 saturated carbocycles. The standard InChI is InChI=1S/C16H21N3O4/c1-17-16(21)18-15(20)10-19-6-2-3-12(19)11-4-5-13-14(9-11)23-8-7-22-13/h4-5,9,12H,2-3,6-8,10H2,1H3,(H2,17,18,20,21)/t12-/m0/s1. The molecule has 1 atom stereocenters. The molecule has 0 bridgehead atoms. The molecule has 0 spiro atoms. The van der Waals surface area contributed by atoms with Gasteiger partial charge in [0.05, 0.1) is 6.54 Å². The Balaban J connectivity index is 1.69. The normalized spacial score (nSPS) is 20.1. The second kappa shape index (κ2) is 6.87. The molecule has 0 aromatic heterocycles. The maximum Gasteiger partial charge on any atom is 0.321 e. The van der Waals surface area contributed by atoms with E-state index in [9.17, 15) is 9.59 Å². The largest absolute Gasteiger partial charge is 0.486 e. The lowest BCUT2D eigenvalue weighted by Crippen LogP contribution is -2.43. The zero-order chi connectivity index (χ0) is 16.2. The SMILES string of the molecule is CNC(=O)NC(=O)CN1CCC[C@H]1c1ccc2c(c1)OCCO2. The van der Waals surface area contributed by atoms with Crippen molar-refractivity contribution in [3.63, 3.8) is 0 Å². The van der Waals surface area contributed by atoms with Crippen molar-refractivity contribution in [2.45, 2.75) is 18.9 Å². The van der Waals surface area contributed by atoms with Gasteiger partial charge in [-0.3, -0.25) is 15.0 Å². The van der Waals surface area contributed by atoms with Crippen molar-refractivity contribution < 1.29 is 19.1 Å². The van der Waals surface area contributed by atoms with Gasteiger partial charge in [0.1, 0.15) is 13.2 Å². The number of nitrogens with zero attached hydrogens (tertiary/aromatic N) is 1. The van der Waals surface area contributed by atoms with Crippen LogP contribution in [0.25, 0.3) is 0 Å². The Kier molecular flexibility index (Phi) is 4.66. The van der Waals surface area contributed by atoms with Gasteiger partial charge < -0.3 is 14.8 Å². The van der Waals surface area contributed by atoms with Crippen LogP contribution in [0.4, 0.5) is 4.79 Å². The lowest BCUT2D eigenvalue weighted by molar-refractivity contribution is -0.121. The van der Waals surface area contributed by atoms with Crippen LogP contribution in [0.5, 0.6) is 11.5 Å². The van der Waals surface area contributed by atoms with Gasteiger partial charge in [0, 0.05) is 13.1 Å². The highest BCUT2D eigenvalue weighted by molar-refractivity contribution is 5.95. The molecule has 2 aliphatic heterocycles. The van der Waals surface area contributed by atoms with Crippen LogP contribution in [0.2, 0.25) is 0 Å². The van der Waals surface area contributed by atoms with Gasteiger partial charge in [-0.1, -0.05) is 6.07 Å². The van der Waals surface area contributed by atoms with E-state index in [2.05, 4.69) is 15.5 Å². The summed E-state index contributed by atoms with van der Waals surface area (Å²) in [7, 11) is 1.48. The summed E-state index contributed by atoms with van der Waals surface area (Å²) >= 11 is 0. The molecule has 0 aliphatic carbocycles. The Morgan fingerprint density at radius 3 is 2.83 bits per heavy atom. The number of amides is 3. The first-order valence-electron chi connectivity index (χ1n) is 7.82. The van der Waals surface area contributed by atoms with Gasteiger partial charge in [-0.05, 0) is 37.1 Å². The molecule has 2 N–H and O–H groups in total. The number of imide groups is 1. The second-order valence-corrected chi connectivity index (χ2v) is 5.66. The van der Waals surface area contributed by atoms with Crippen LogP contribution in [0.15, 0.2) is 18.2 Å².